The maximum Gasteiger partial charge on any atom is 0.446 e. The Morgan fingerprint density at radius 1 is 1.03 bits per heavy atom. The molecule has 0 radical (unpaired) electrons. The van der Waals surface area contributed by atoms with Crippen molar-refractivity contribution in [3.05, 3.63) is 64.8 Å². The molecule has 0 spiro atoms. The third kappa shape index (κ3) is 6.08. The van der Waals surface area contributed by atoms with E-state index in [2.05, 4.69) is 32.7 Å². The van der Waals surface area contributed by atoms with Gasteiger partial charge in [0.05, 0.1) is 6.20 Å². The van der Waals surface area contributed by atoms with Gasteiger partial charge in [-0.25, -0.2) is 4.98 Å². The van der Waals surface area contributed by atoms with E-state index < -0.39 is 12.5 Å². The number of hydrogen-bond donors (Lipinski definition) is 3. The highest BCUT2D eigenvalue weighted by Gasteiger charge is 2.24. The Morgan fingerprint density at radius 3 is 2.47 bits per heavy atom. The number of phenols is 1. The van der Waals surface area contributed by atoms with Crippen LogP contribution < -0.4 is 10.6 Å². The average molecular weight is 437 g/mol. The van der Waals surface area contributed by atoms with Gasteiger partial charge in [0.1, 0.15) is 10.8 Å². The number of aromatic nitrogens is 2. The molecule has 4 rings (SSSR count). The molecule has 0 amide bonds. The molecule has 6 bridgehead atoms. The number of carbonyl (C=O) groups is 1. The summed E-state index contributed by atoms with van der Waals surface area (Å²) in [5, 5.41) is 16.7. The highest BCUT2D eigenvalue weighted by atomic mass is 35.5. The van der Waals surface area contributed by atoms with Crippen molar-refractivity contribution in [1.82, 2.24) is 9.97 Å². The van der Waals surface area contributed by atoms with Crippen molar-refractivity contribution < 1.29 is 23.1 Å². The SMILES string of the molecule is O=CC(F)(F)F.Oc1cc2cc(c1)Nc1nc(ncc1Cl)Nc1cccc(c1)CC2. The van der Waals surface area contributed by atoms with Gasteiger partial charge in [-0.05, 0) is 48.2 Å². The summed E-state index contributed by atoms with van der Waals surface area (Å²) in [7, 11) is 0. The van der Waals surface area contributed by atoms with Gasteiger partial charge in [0.2, 0.25) is 12.2 Å². The minimum Gasteiger partial charge on any atom is -0.508 e. The lowest BCUT2D eigenvalue weighted by atomic mass is 10.0. The molecule has 6 nitrogen and oxygen atoms in total. The number of aromatic hydroxyl groups is 1. The van der Waals surface area contributed by atoms with Crippen LogP contribution in [0.3, 0.4) is 0 Å². The van der Waals surface area contributed by atoms with Crippen LogP contribution in [-0.4, -0.2) is 27.5 Å². The highest BCUT2D eigenvalue weighted by Crippen LogP contribution is 2.29. The lowest BCUT2D eigenvalue weighted by molar-refractivity contribution is -0.156. The number of alkyl halides is 3. The van der Waals surface area contributed by atoms with E-state index in [0.717, 1.165) is 29.8 Å². The maximum atomic E-state index is 10.4. The Balaban J connectivity index is 0.000000377. The standard InChI is InChI=1S/C18H15ClN4O.C2HF3O/c19-16-10-20-18-22-13-3-1-2-11(6-13)4-5-12-7-14(9-15(24)8-12)21-17(16)23-18;3-2(4,5)1-6/h1-3,6-10,24H,4-5H2,(H2,20,21,22,23);1H. The van der Waals surface area contributed by atoms with Crippen molar-refractivity contribution in [2.75, 3.05) is 10.6 Å². The van der Waals surface area contributed by atoms with Gasteiger partial charge >= 0.3 is 6.18 Å². The molecule has 0 aliphatic carbocycles. The number of hydrogen-bond acceptors (Lipinski definition) is 6. The molecule has 156 valence electrons. The predicted octanol–water partition coefficient (Wildman–Crippen LogP) is 5.17. The summed E-state index contributed by atoms with van der Waals surface area (Å²) in [5.41, 5.74) is 3.91. The average Bonchev–Trinajstić information content (AvgIpc) is 2.69. The number of anilines is 4. The maximum absolute atomic E-state index is 10.4. The topological polar surface area (TPSA) is 87.1 Å². The Morgan fingerprint density at radius 2 is 1.73 bits per heavy atom. The summed E-state index contributed by atoms with van der Waals surface area (Å²) in [4.78, 5) is 17.3. The van der Waals surface area contributed by atoms with Gasteiger partial charge in [0.25, 0.3) is 0 Å². The third-order valence-electron chi connectivity index (χ3n) is 4.00. The van der Waals surface area contributed by atoms with Crippen molar-refractivity contribution in [3.63, 3.8) is 0 Å². The van der Waals surface area contributed by atoms with E-state index in [9.17, 15) is 18.3 Å². The van der Waals surface area contributed by atoms with Gasteiger partial charge in [-0.1, -0.05) is 23.7 Å². The van der Waals surface area contributed by atoms with E-state index >= 15 is 0 Å². The van der Waals surface area contributed by atoms with E-state index in [1.54, 1.807) is 18.3 Å². The number of rotatable bonds is 0. The Hall–Kier alpha value is -3.33. The number of halogens is 4. The second kappa shape index (κ2) is 9.00. The van der Waals surface area contributed by atoms with Gasteiger partial charge in [-0.2, -0.15) is 18.2 Å². The molecule has 30 heavy (non-hydrogen) atoms. The molecule has 0 fully saturated rings. The van der Waals surface area contributed by atoms with Gasteiger partial charge in [-0.15, -0.1) is 0 Å². The summed E-state index contributed by atoms with van der Waals surface area (Å²) in [6.07, 6.45) is -2.46. The number of nitrogens with zero attached hydrogens (tertiary/aromatic N) is 2. The van der Waals surface area contributed by atoms with Crippen LogP contribution in [-0.2, 0) is 17.6 Å². The molecule has 3 N–H and O–H groups in total. The molecule has 1 aliphatic rings. The number of aldehydes is 1. The fourth-order valence-corrected chi connectivity index (χ4v) is 2.90. The largest absolute Gasteiger partial charge is 0.508 e. The molecule has 10 heteroatoms. The molecule has 0 saturated carbocycles. The Bertz CT molecular complexity index is 1060. The van der Waals surface area contributed by atoms with E-state index in [4.69, 9.17) is 16.4 Å². The fourth-order valence-electron chi connectivity index (χ4n) is 2.76. The monoisotopic (exact) mass is 436 g/mol. The van der Waals surface area contributed by atoms with E-state index in [-0.39, 0.29) is 5.75 Å². The van der Waals surface area contributed by atoms with Gasteiger partial charge in [0, 0.05) is 17.4 Å². The zero-order valence-corrected chi connectivity index (χ0v) is 16.1. The summed E-state index contributed by atoms with van der Waals surface area (Å²) in [6, 6.07) is 13.6. The van der Waals surface area contributed by atoms with Crippen LogP contribution in [0.2, 0.25) is 5.02 Å². The van der Waals surface area contributed by atoms with Crippen LogP contribution in [0.15, 0.2) is 48.7 Å². The molecular formula is C20H16ClF3N4O2. The van der Waals surface area contributed by atoms with Gasteiger partial charge < -0.3 is 15.7 Å². The van der Waals surface area contributed by atoms with Crippen molar-refractivity contribution >= 4 is 41.0 Å². The molecule has 2 aromatic carbocycles. The number of carbonyl (C=O) groups excluding carboxylic acids is 1. The molecule has 3 aromatic rings. The lowest BCUT2D eigenvalue weighted by Gasteiger charge is -2.11. The summed E-state index contributed by atoms with van der Waals surface area (Å²) in [6.45, 7) is 0. The summed E-state index contributed by atoms with van der Waals surface area (Å²) >= 11 is 6.20. The van der Waals surface area contributed by atoms with E-state index in [0.29, 0.717) is 16.8 Å². The minimum absolute atomic E-state index is 0.210. The first-order valence-corrected chi connectivity index (χ1v) is 9.11. The van der Waals surface area contributed by atoms with Crippen LogP contribution in [0.25, 0.3) is 0 Å². The number of nitrogens with one attached hydrogen (secondary N) is 2. The molecule has 0 unspecified atom stereocenters. The number of benzene rings is 2. The van der Waals surface area contributed by atoms with E-state index in [1.165, 1.54) is 5.56 Å². The summed E-state index contributed by atoms with van der Waals surface area (Å²) < 4.78 is 31.2. The molecule has 0 saturated heterocycles. The number of fused-ring (bicyclic) bond motifs is 6. The quantitative estimate of drug-likeness (QED) is 0.421. The van der Waals surface area contributed by atoms with Gasteiger partial charge in [0.15, 0.2) is 5.82 Å². The smallest absolute Gasteiger partial charge is 0.446 e. The summed E-state index contributed by atoms with van der Waals surface area (Å²) in [5.74, 6) is 1.15. The van der Waals surface area contributed by atoms with Crippen LogP contribution in [0.1, 0.15) is 11.1 Å². The lowest BCUT2D eigenvalue weighted by Crippen LogP contribution is -2.07. The first-order chi connectivity index (χ1) is 14.2. The first-order valence-electron chi connectivity index (χ1n) is 8.73. The first kappa shape index (κ1) is 21.4. The molecule has 1 aromatic heterocycles. The molecular weight excluding hydrogens is 421 g/mol. The second-order valence-corrected chi connectivity index (χ2v) is 6.80. The van der Waals surface area contributed by atoms with Crippen molar-refractivity contribution in [2.24, 2.45) is 0 Å². The number of phenolic OH excluding ortho intramolecular Hbond substituents is 1. The predicted molar refractivity (Wildman–Crippen MR) is 108 cm³/mol. The van der Waals surface area contributed by atoms with Crippen molar-refractivity contribution in [1.29, 1.82) is 0 Å². The number of aryl methyl sites for hydroxylation is 2. The molecule has 2 heterocycles. The van der Waals surface area contributed by atoms with Crippen LogP contribution in [0, 0.1) is 0 Å². The molecule has 0 atom stereocenters. The zero-order chi connectivity index (χ0) is 21.7. The normalized spacial score (nSPS) is 12.5. The zero-order valence-electron chi connectivity index (χ0n) is 15.4. The third-order valence-corrected chi connectivity index (χ3v) is 4.28. The fraction of sp³-hybridized carbons (Fsp3) is 0.150. The minimum atomic E-state index is -4.64. The molecule has 1 aliphatic heterocycles. The van der Waals surface area contributed by atoms with Gasteiger partial charge in [-0.3, -0.25) is 4.79 Å². The van der Waals surface area contributed by atoms with E-state index in [1.807, 2.05) is 18.2 Å². The van der Waals surface area contributed by atoms with Crippen LogP contribution in [0.4, 0.5) is 36.3 Å². The van der Waals surface area contributed by atoms with Crippen LogP contribution >= 0.6 is 11.6 Å². The highest BCUT2D eigenvalue weighted by molar-refractivity contribution is 6.32. The van der Waals surface area contributed by atoms with Crippen LogP contribution in [0.5, 0.6) is 5.75 Å². The Kier molecular flexibility index (Phi) is 6.41. The Labute approximate surface area is 174 Å². The second-order valence-electron chi connectivity index (χ2n) is 6.39. The van der Waals surface area contributed by atoms with Crippen molar-refractivity contribution in [2.45, 2.75) is 19.0 Å². The van der Waals surface area contributed by atoms with Crippen molar-refractivity contribution in [3.8, 4) is 5.75 Å².